The quantitative estimate of drug-likeness (QED) is 0.705. The Labute approximate surface area is 112 Å². The minimum Gasteiger partial charge on any atom is -0.383 e. The van der Waals surface area contributed by atoms with E-state index in [-0.39, 0.29) is 0 Å². The molecule has 2 N–H and O–H groups in total. The Morgan fingerprint density at radius 1 is 1.28 bits per heavy atom. The molecule has 1 saturated heterocycles. The maximum Gasteiger partial charge on any atom is 0.0589 e. The highest BCUT2D eigenvalue weighted by Gasteiger charge is 2.16. The van der Waals surface area contributed by atoms with E-state index in [1.165, 1.54) is 19.6 Å². The molecule has 0 aromatic heterocycles. The van der Waals surface area contributed by atoms with Crippen LogP contribution >= 0.6 is 0 Å². The van der Waals surface area contributed by atoms with Gasteiger partial charge in [-0.2, -0.15) is 0 Å². The van der Waals surface area contributed by atoms with Crippen molar-refractivity contribution in [3.63, 3.8) is 0 Å². The summed E-state index contributed by atoms with van der Waals surface area (Å²) in [5.41, 5.74) is 5.93. The summed E-state index contributed by atoms with van der Waals surface area (Å²) in [4.78, 5) is 5.06. The number of piperidine rings is 1. The smallest absolute Gasteiger partial charge is 0.0589 e. The Morgan fingerprint density at radius 2 is 1.94 bits per heavy atom. The minimum atomic E-state index is 0.432. The van der Waals surface area contributed by atoms with Gasteiger partial charge in [0.1, 0.15) is 0 Å². The van der Waals surface area contributed by atoms with E-state index in [9.17, 15) is 0 Å². The first kappa shape index (κ1) is 15.9. The number of ether oxygens (including phenoxy) is 1. The first-order chi connectivity index (χ1) is 8.61. The standard InChI is InChI=1S/C14H31N3O/c1-13(2)12-17(10-11-18-3)9-8-16-6-4-14(15)5-7-16/h13-14H,4-12,15H2,1-3H3. The molecule has 108 valence electrons. The highest BCUT2D eigenvalue weighted by molar-refractivity contribution is 4.75. The second kappa shape index (κ2) is 8.86. The van der Waals surface area contributed by atoms with Crippen molar-refractivity contribution in [2.75, 3.05) is 53.0 Å². The van der Waals surface area contributed by atoms with Crippen LogP contribution in [0.25, 0.3) is 0 Å². The van der Waals surface area contributed by atoms with Crippen LogP contribution in [-0.2, 0) is 4.74 Å². The predicted octanol–water partition coefficient (Wildman–Crippen LogP) is 1.01. The Kier molecular flexibility index (Phi) is 7.82. The van der Waals surface area contributed by atoms with Crippen molar-refractivity contribution < 1.29 is 4.74 Å². The van der Waals surface area contributed by atoms with E-state index in [1.54, 1.807) is 7.11 Å². The van der Waals surface area contributed by atoms with E-state index in [2.05, 4.69) is 23.6 Å². The van der Waals surface area contributed by atoms with E-state index >= 15 is 0 Å². The lowest BCUT2D eigenvalue weighted by Gasteiger charge is -2.32. The lowest BCUT2D eigenvalue weighted by Crippen LogP contribution is -2.44. The third-order valence-electron chi connectivity index (χ3n) is 3.60. The van der Waals surface area contributed by atoms with E-state index in [0.717, 1.165) is 45.0 Å². The first-order valence-electron chi connectivity index (χ1n) is 7.31. The lowest BCUT2D eigenvalue weighted by atomic mass is 10.1. The minimum absolute atomic E-state index is 0.432. The van der Waals surface area contributed by atoms with Crippen molar-refractivity contribution in [1.82, 2.24) is 9.80 Å². The van der Waals surface area contributed by atoms with Crippen LogP contribution in [0.15, 0.2) is 0 Å². The fourth-order valence-corrected chi connectivity index (χ4v) is 2.49. The Bertz CT molecular complexity index is 203. The van der Waals surface area contributed by atoms with E-state index < -0.39 is 0 Å². The Hall–Kier alpha value is -0.160. The van der Waals surface area contributed by atoms with Gasteiger partial charge in [-0.1, -0.05) is 13.8 Å². The highest BCUT2D eigenvalue weighted by atomic mass is 16.5. The second-order valence-electron chi connectivity index (χ2n) is 5.87. The Balaban J connectivity index is 2.22. The van der Waals surface area contributed by atoms with Crippen LogP contribution in [0.4, 0.5) is 0 Å². The number of hydrogen-bond acceptors (Lipinski definition) is 4. The summed E-state index contributed by atoms with van der Waals surface area (Å²) in [5.74, 6) is 0.719. The summed E-state index contributed by atoms with van der Waals surface area (Å²) in [6.07, 6.45) is 2.31. The number of hydrogen-bond donors (Lipinski definition) is 1. The number of likely N-dealkylation sites (tertiary alicyclic amines) is 1. The summed E-state index contributed by atoms with van der Waals surface area (Å²) in [6.45, 7) is 12.2. The number of nitrogens with two attached hydrogens (primary N) is 1. The van der Waals surface area contributed by atoms with Gasteiger partial charge >= 0.3 is 0 Å². The summed E-state index contributed by atoms with van der Waals surface area (Å²) >= 11 is 0. The fourth-order valence-electron chi connectivity index (χ4n) is 2.49. The fraction of sp³-hybridized carbons (Fsp3) is 1.00. The molecule has 0 amide bonds. The number of nitrogens with zero attached hydrogens (tertiary/aromatic N) is 2. The molecule has 0 unspecified atom stereocenters. The molecule has 0 spiro atoms. The molecule has 0 atom stereocenters. The molecule has 0 bridgehead atoms. The van der Waals surface area contributed by atoms with Crippen LogP contribution in [0, 0.1) is 5.92 Å². The van der Waals surface area contributed by atoms with Crippen molar-refractivity contribution in [3.8, 4) is 0 Å². The molecule has 1 aliphatic rings. The maximum absolute atomic E-state index is 5.93. The molecule has 1 aliphatic heterocycles. The van der Waals surface area contributed by atoms with Gasteiger partial charge in [0.2, 0.25) is 0 Å². The zero-order valence-electron chi connectivity index (χ0n) is 12.4. The zero-order valence-corrected chi connectivity index (χ0v) is 12.4. The molecule has 0 saturated carbocycles. The van der Waals surface area contributed by atoms with Gasteiger partial charge in [-0.25, -0.2) is 0 Å². The molecule has 18 heavy (non-hydrogen) atoms. The molecule has 1 rings (SSSR count). The summed E-state index contributed by atoms with van der Waals surface area (Å²) in [6, 6.07) is 0.432. The SMILES string of the molecule is COCCN(CCN1CCC(N)CC1)CC(C)C. The van der Waals surface area contributed by atoms with Crippen LogP contribution in [0.5, 0.6) is 0 Å². The molecule has 0 aliphatic carbocycles. The largest absolute Gasteiger partial charge is 0.383 e. The van der Waals surface area contributed by atoms with Crippen molar-refractivity contribution in [2.24, 2.45) is 11.7 Å². The maximum atomic E-state index is 5.93. The molecule has 1 heterocycles. The topological polar surface area (TPSA) is 41.7 Å². The van der Waals surface area contributed by atoms with Crippen molar-refractivity contribution in [2.45, 2.75) is 32.7 Å². The molecule has 4 nitrogen and oxygen atoms in total. The average molecular weight is 257 g/mol. The first-order valence-corrected chi connectivity index (χ1v) is 7.31. The monoisotopic (exact) mass is 257 g/mol. The molecule has 4 heteroatoms. The molecule has 0 aromatic rings. The molecule has 0 aromatic carbocycles. The summed E-state index contributed by atoms with van der Waals surface area (Å²) < 4.78 is 5.19. The van der Waals surface area contributed by atoms with Crippen LogP contribution in [0.2, 0.25) is 0 Å². The van der Waals surface area contributed by atoms with Crippen molar-refractivity contribution in [1.29, 1.82) is 0 Å². The summed E-state index contributed by atoms with van der Waals surface area (Å²) in [5, 5.41) is 0. The van der Waals surface area contributed by atoms with E-state index in [1.807, 2.05) is 0 Å². The van der Waals surface area contributed by atoms with Crippen LogP contribution in [0.3, 0.4) is 0 Å². The van der Waals surface area contributed by atoms with Crippen molar-refractivity contribution in [3.05, 3.63) is 0 Å². The van der Waals surface area contributed by atoms with Gasteiger partial charge in [0.15, 0.2) is 0 Å². The van der Waals surface area contributed by atoms with Gasteiger partial charge < -0.3 is 15.4 Å². The van der Waals surface area contributed by atoms with Gasteiger partial charge in [0.05, 0.1) is 6.61 Å². The third kappa shape index (κ3) is 6.69. The lowest BCUT2D eigenvalue weighted by molar-refractivity contribution is 0.122. The zero-order chi connectivity index (χ0) is 13.4. The van der Waals surface area contributed by atoms with Crippen LogP contribution < -0.4 is 5.73 Å². The van der Waals surface area contributed by atoms with Crippen LogP contribution in [0.1, 0.15) is 26.7 Å². The Morgan fingerprint density at radius 3 is 2.50 bits per heavy atom. The second-order valence-corrected chi connectivity index (χ2v) is 5.87. The van der Waals surface area contributed by atoms with Crippen molar-refractivity contribution >= 4 is 0 Å². The predicted molar refractivity (Wildman–Crippen MR) is 76.8 cm³/mol. The van der Waals surface area contributed by atoms with E-state index in [4.69, 9.17) is 10.5 Å². The van der Waals surface area contributed by atoms with Gasteiger partial charge in [-0.05, 0) is 31.8 Å². The van der Waals surface area contributed by atoms with Gasteiger partial charge in [0, 0.05) is 39.3 Å². The van der Waals surface area contributed by atoms with Crippen LogP contribution in [-0.4, -0.2) is 68.8 Å². The van der Waals surface area contributed by atoms with E-state index in [0.29, 0.717) is 6.04 Å². The molecular weight excluding hydrogens is 226 g/mol. The average Bonchev–Trinajstić information content (AvgIpc) is 2.34. The normalized spacial score (nSPS) is 19.0. The molecule has 1 fully saturated rings. The molecular formula is C14H31N3O. The number of methoxy groups -OCH3 is 1. The summed E-state index contributed by atoms with van der Waals surface area (Å²) in [7, 11) is 1.78. The number of rotatable bonds is 8. The van der Waals surface area contributed by atoms with Gasteiger partial charge in [0.25, 0.3) is 0 Å². The third-order valence-corrected chi connectivity index (χ3v) is 3.60. The highest BCUT2D eigenvalue weighted by Crippen LogP contribution is 2.08. The molecule has 0 radical (unpaired) electrons. The van der Waals surface area contributed by atoms with Gasteiger partial charge in [-0.3, -0.25) is 4.90 Å². The van der Waals surface area contributed by atoms with Gasteiger partial charge in [-0.15, -0.1) is 0 Å².